The summed E-state index contributed by atoms with van der Waals surface area (Å²) in [6, 6.07) is 10.5. The first-order valence-corrected chi connectivity index (χ1v) is 9.15. The second-order valence-corrected chi connectivity index (χ2v) is 8.33. The van der Waals surface area contributed by atoms with Crippen LogP contribution in [0.15, 0.2) is 40.6 Å². The Morgan fingerprint density at radius 1 is 1.19 bits per heavy atom. The van der Waals surface area contributed by atoms with E-state index in [1.54, 1.807) is 30.3 Å². The molecule has 1 aromatic carbocycles. The van der Waals surface area contributed by atoms with Gasteiger partial charge in [0.05, 0.1) is 10.7 Å². The van der Waals surface area contributed by atoms with Crippen molar-refractivity contribution in [2.45, 2.75) is 30.6 Å². The third kappa shape index (κ3) is 4.44. The summed E-state index contributed by atoms with van der Waals surface area (Å²) in [6.07, 6.45) is 0. The van der Waals surface area contributed by atoms with Crippen molar-refractivity contribution in [2.75, 3.05) is 4.72 Å². The molecule has 0 atom stereocenters. The van der Waals surface area contributed by atoms with E-state index in [0.29, 0.717) is 23.3 Å². The molecule has 0 aliphatic rings. The molecule has 0 saturated heterocycles. The highest BCUT2D eigenvalue weighted by Crippen LogP contribution is 2.27. The van der Waals surface area contributed by atoms with Crippen LogP contribution < -0.4 is 10.0 Å². The van der Waals surface area contributed by atoms with Gasteiger partial charge in [-0.2, -0.15) is 0 Å². The summed E-state index contributed by atoms with van der Waals surface area (Å²) in [7, 11) is -3.60. The summed E-state index contributed by atoms with van der Waals surface area (Å²) in [6.45, 7) is 4.75. The summed E-state index contributed by atoms with van der Waals surface area (Å²) in [4.78, 5) is 0.975. The summed E-state index contributed by atoms with van der Waals surface area (Å²) in [5.74, 6) is 0. The van der Waals surface area contributed by atoms with Gasteiger partial charge < -0.3 is 5.32 Å². The maximum Gasteiger partial charge on any atom is 0.271 e. The normalized spacial score (nSPS) is 11.8. The molecule has 1 aromatic heterocycles. The first-order chi connectivity index (χ1) is 9.88. The third-order valence-corrected chi connectivity index (χ3v) is 5.98. The van der Waals surface area contributed by atoms with Crippen LogP contribution in [0.25, 0.3) is 0 Å². The number of nitrogens with one attached hydrogen (secondary N) is 2. The maximum atomic E-state index is 12.3. The molecule has 0 saturated carbocycles. The van der Waals surface area contributed by atoms with Crippen LogP contribution in [0, 0.1) is 0 Å². The van der Waals surface area contributed by atoms with Gasteiger partial charge in [0.1, 0.15) is 4.21 Å². The van der Waals surface area contributed by atoms with Gasteiger partial charge in [-0.3, -0.25) is 4.72 Å². The quantitative estimate of drug-likeness (QED) is 0.840. The van der Waals surface area contributed by atoms with Crippen molar-refractivity contribution in [3.05, 3.63) is 46.3 Å². The number of sulfonamides is 1. The van der Waals surface area contributed by atoms with Crippen LogP contribution in [-0.2, 0) is 16.6 Å². The van der Waals surface area contributed by atoms with Crippen molar-refractivity contribution >= 4 is 38.6 Å². The molecule has 0 radical (unpaired) electrons. The molecule has 7 heteroatoms. The zero-order valence-electron chi connectivity index (χ0n) is 11.8. The molecule has 1 heterocycles. The van der Waals surface area contributed by atoms with Crippen LogP contribution >= 0.6 is 22.9 Å². The van der Waals surface area contributed by atoms with Crippen molar-refractivity contribution in [3.63, 3.8) is 0 Å². The highest BCUT2D eigenvalue weighted by molar-refractivity contribution is 7.94. The van der Waals surface area contributed by atoms with Gasteiger partial charge in [-0.1, -0.05) is 37.6 Å². The van der Waals surface area contributed by atoms with E-state index in [4.69, 9.17) is 11.6 Å². The molecule has 0 unspecified atom stereocenters. The molecule has 0 amide bonds. The van der Waals surface area contributed by atoms with E-state index in [1.165, 1.54) is 11.3 Å². The lowest BCUT2D eigenvalue weighted by atomic mass is 10.3. The molecule has 21 heavy (non-hydrogen) atoms. The van der Waals surface area contributed by atoms with Gasteiger partial charge in [-0.15, -0.1) is 11.3 Å². The molecule has 0 spiro atoms. The van der Waals surface area contributed by atoms with Crippen LogP contribution in [0.2, 0.25) is 5.02 Å². The smallest absolute Gasteiger partial charge is 0.271 e. The molecule has 4 nitrogen and oxygen atoms in total. The highest BCUT2D eigenvalue weighted by atomic mass is 35.5. The Hall–Kier alpha value is -1.08. The minimum atomic E-state index is -3.60. The molecule has 0 aliphatic carbocycles. The number of thiophene rings is 1. The average Bonchev–Trinajstić information content (AvgIpc) is 2.88. The monoisotopic (exact) mass is 344 g/mol. The fourth-order valence-electron chi connectivity index (χ4n) is 1.64. The average molecular weight is 345 g/mol. The summed E-state index contributed by atoms with van der Waals surface area (Å²) >= 11 is 7.22. The fraction of sp³-hybridized carbons (Fsp3) is 0.286. The maximum absolute atomic E-state index is 12.3. The Labute approximate surface area is 134 Å². The first-order valence-electron chi connectivity index (χ1n) is 6.48. The molecule has 0 fully saturated rings. The van der Waals surface area contributed by atoms with Crippen LogP contribution in [0.1, 0.15) is 18.7 Å². The van der Waals surface area contributed by atoms with E-state index in [0.717, 1.165) is 4.88 Å². The summed E-state index contributed by atoms with van der Waals surface area (Å²) < 4.78 is 27.4. The van der Waals surface area contributed by atoms with Gasteiger partial charge in [0.2, 0.25) is 0 Å². The lowest BCUT2D eigenvalue weighted by molar-refractivity contribution is 0.593. The van der Waals surface area contributed by atoms with Crippen molar-refractivity contribution in [1.29, 1.82) is 0 Å². The predicted molar refractivity (Wildman–Crippen MR) is 88.6 cm³/mol. The summed E-state index contributed by atoms with van der Waals surface area (Å²) in [5, 5.41) is 3.63. The first kappa shape index (κ1) is 16.3. The van der Waals surface area contributed by atoms with Gasteiger partial charge in [0.15, 0.2) is 0 Å². The van der Waals surface area contributed by atoms with E-state index in [9.17, 15) is 8.42 Å². The fourth-order valence-corrected chi connectivity index (χ4v) is 4.27. The van der Waals surface area contributed by atoms with Crippen LogP contribution in [0.3, 0.4) is 0 Å². The number of hydrogen-bond acceptors (Lipinski definition) is 4. The Balaban J connectivity index is 2.15. The molecule has 0 aliphatic heterocycles. The van der Waals surface area contributed by atoms with E-state index in [2.05, 4.69) is 10.0 Å². The highest BCUT2D eigenvalue weighted by Gasteiger charge is 2.18. The Kier molecular flexibility index (Phi) is 5.27. The van der Waals surface area contributed by atoms with Gasteiger partial charge in [0.25, 0.3) is 10.0 Å². The number of halogens is 1. The topological polar surface area (TPSA) is 58.2 Å². The van der Waals surface area contributed by atoms with Crippen molar-refractivity contribution in [3.8, 4) is 0 Å². The second-order valence-electron chi connectivity index (χ2n) is 4.84. The number of para-hydroxylation sites is 1. The number of benzene rings is 1. The number of hydrogen-bond donors (Lipinski definition) is 2. The molecule has 2 aromatic rings. The van der Waals surface area contributed by atoms with Gasteiger partial charge in [0, 0.05) is 17.5 Å². The predicted octanol–water partition coefficient (Wildman–Crippen LogP) is 3.70. The minimum Gasteiger partial charge on any atom is -0.310 e. The number of rotatable bonds is 6. The Morgan fingerprint density at radius 3 is 2.57 bits per heavy atom. The van der Waals surface area contributed by atoms with Gasteiger partial charge >= 0.3 is 0 Å². The van der Waals surface area contributed by atoms with Crippen LogP contribution in [0.4, 0.5) is 5.69 Å². The SMILES string of the molecule is CC(C)NCc1ccc(S(=O)(=O)Nc2ccccc2Cl)s1. The lowest BCUT2D eigenvalue weighted by Gasteiger charge is -2.08. The van der Waals surface area contributed by atoms with E-state index in [-0.39, 0.29) is 4.21 Å². The lowest BCUT2D eigenvalue weighted by Crippen LogP contribution is -2.21. The molecule has 114 valence electrons. The van der Waals surface area contributed by atoms with E-state index in [1.807, 2.05) is 19.9 Å². The van der Waals surface area contributed by atoms with Gasteiger partial charge in [-0.25, -0.2) is 8.42 Å². The van der Waals surface area contributed by atoms with Crippen molar-refractivity contribution in [1.82, 2.24) is 5.32 Å². The molecule has 2 rings (SSSR count). The minimum absolute atomic E-state index is 0.281. The zero-order valence-corrected chi connectivity index (χ0v) is 14.1. The van der Waals surface area contributed by atoms with Crippen molar-refractivity contribution in [2.24, 2.45) is 0 Å². The zero-order chi connectivity index (χ0) is 15.5. The Morgan fingerprint density at radius 2 is 1.90 bits per heavy atom. The second kappa shape index (κ2) is 6.79. The molecule has 2 N–H and O–H groups in total. The largest absolute Gasteiger partial charge is 0.310 e. The van der Waals surface area contributed by atoms with Gasteiger partial charge in [-0.05, 0) is 24.3 Å². The molecular formula is C14H17ClN2O2S2. The standard InChI is InChI=1S/C14H17ClN2O2S2/c1-10(2)16-9-11-7-8-14(20-11)21(18,19)17-13-6-4-3-5-12(13)15/h3-8,10,16-17H,9H2,1-2H3. The van der Waals surface area contributed by atoms with E-state index < -0.39 is 10.0 Å². The molecular weight excluding hydrogens is 328 g/mol. The van der Waals surface area contributed by atoms with E-state index >= 15 is 0 Å². The summed E-state index contributed by atoms with van der Waals surface area (Å²) in [5.41, 5.74) is 0.384. The van der Waals surface area contributed by atoms with Crippen LogP contribution in [-0.4, -0.2) is 14.5 Å². The Bertz CT molecular complexity index is 711. The van der Waals surface area contributed by atoms with Crippen molar-refractivity contribution < 1.29 is 8.42 Å². The molecule has 0 bridgehead atoms. The van der Waals surface area contributed by atoms with Crippen LogP contribution in [0.5, 0.6) is 0 Å². The third-order valence-electron chi connectivity index (χ3n) is 2.70. The number of anilines is 1.